The van der Waals surface area contributed by atoms with Crippen LogP contribution in [0.25, 0.3) is 0 Å². The maximum atomic E-state index is 13.7. The van der Waals surface area contributed by atoms with Crippen LogP contribution in [-0.2, 0) is 11.2 Å². The average molecular weight is 511 g/mol. The van der Waals surface area contributed by atoms with Crippen LogP contribution >= 0.6 is 22.9 Å². The van der Waals surface area contributed by atoms with Crippen molar-refractivity contribution in [3.05, 3.63) is 87.1 Å². The predicted molar refractivity (Wildman–Crippen MR) is 141 cm³/mol. The summed E-state index contributed by atoms with van der Waals surface area (Å²) in [4.78, 5) is 31.9. The zero-order chi connectivity index (χ0) is 24.8. The van der Waals surface area contributed by atoms with Crippen molar-refractivity contribution in [2.24, 2.45) is 5.92 Å². The highest BCUT2D eigenvalue weighted by atomic mass is 35.5. The van der Waals surface area contributed by atoms with E-state index in [1.807, 2.05) is 35.2 Å². The number of nitrogens with zero attached hydrogens (tertiary/aromatic N) is 2. The van der Waals surface area contributed by atoms with Crippen molar-refractivity contribution in [2.45, 2.75) is 32.7 Å². The minimum atomic E-state index is -0.203. The van der Waals surface area contributed by atoms with E-state index in [9.17, 15) is 9.59 Å². The normalized spacial score (nSPS) is 15.9. The minimum absolute atomic E-state index is 0.0506. The number of thiophene rings is 1. The van der Waals surface area contributed by atoms with E-state index in [-0.39, 0.29) is 24.4 Å². The van der Waals surface area contributed by atoms with E-state index in [0.717, 1.165) is 18.4 Å². The van der Waals surface area contributed by atoms with Crippen LogP contribution in [0.1, 0.15) is 47.1 Å². The van der Waals surface area contributed by atoms with Gasteiger partial charge in [0.05, 0.1) is 6.04 Å². The fourth-order valence-corrected chi connectivity index (χ4v) is 5.38. The molecule has 1 aliphatic heterocycles. The Bertz CT molecular complexity index is 1130. The molecule has 2 atom stereocenters. The first-order valence-corrected chi connectivity index (χ1v) is 13.3. The number of amides is 2. The van der Waals surface area contributed by atoms with E-state index < -0.39 is 0 Å². The van der Waals surface area contributed by atoms with Gasteiger partial charge in [-0.05, 0) is 65.7 Å². The third-order valence-electron chi connectivity index (χ3n) is 6.50. The molecular formula is C28H31ClN2O3S. The molecule has 184 valence electrons. The second-order valence-electron chi connectivity index (χ2n) is 8.98. The summed E-state index contributed by atoms with van der Waals surface area (Å²) in [6.45, 7) is 5.75. The van der Waals surface area contributed by atoms with Gasteiger partial charge in [0.15, 0.2) is 0 Å². The summed E-state index contributed by atoms with van der Waals surface area (Å²) < 4.78 is 6.08. The monoisotopic (exact) mass is 510 g/mol. The number of halogens is 1. The molecule has 0 unspecified atom stereocenters. The molecule has 5 nitrogen and oxygen atoms in total. The van der Waals surface area contributed by atoms with Gasteiger partial charge in [-0.3, -0.25) is 9.59 Å². The van der Waals surface area contributed by atoms with Crippen molar-refractivity contribution < 1.29 is 14.3 Å². The fraction of sp³-hybridized carbons (Fsp3) is 0.357. The first kappa shape index (κ1) is 25.3. The quantitative estimate of drug-likeness (QED) is 0.350. The van der Waals surface area contributed by atoms with E-state index in [0.29, 0.717) is 41.9 Å². The molecule has 0 fully saturated rings. The standard InChI is InChI=1S/C28H31ClN2O3S/c1-3-20(2)17-30(28(33)21-7-5-4-6-8-21)18-27(32)31-15-13-26-24(14-16-35-26)25(31)19-34-23-11-9-22(29)10-12-23/h4-12,14,16,20,25H,3,13,15,17-19H2,1-2H3/t20-,25+/m1/s1. The minimum Gasteiger partial charge on any atom is -0.491 e. The highest BCUT2D eigenvalue weighted by Gasteiger charge is 2.34. The van der Waals surface area contributed by atoms with Gasteiger partial charge in [0.1, 0.15) is 18.9 Å². The highest BCUT2D eigenvalue weighted by Crippen LogP contribution is 2.34. The number of ether oxygens (including phenoxy) is 1. The van der Waals surface area contributed by atoms with Crippen LogP contribution in [0.2, 0.25) is 5.02 Å². The summed E-state index contributed by atoms with van der Waals surface area (Å²) in [7, 11) is 0. The summed E-state index contributed by atoms with van der Waals surface area (Å²) >= 11 is 7.72. The van der Waals surface area contributed by atoms with Gasteiger partial charge in [-0.1, -0.05) is 50.1 Å². The van der Waals surface area contributed by atoms with Crippen LogP contribution < -0.4 is 4.74 Å². The SMILES string of the molecule is CC[C@@H](C)CN(CC(=O)N1CCc2sccc2[C@@H]1COc1ccc(Cl)cc1)C(=O)c1ccccc1. The molecule has 2 heterocycles. The van der Waals surface area contributed by atoms with Crippen molar-refractivity contribution in [1.29, 1.82) is 0 Å². The van der Waals surface area contributed by atoms with Gasteiger partial charge in [-0.25, -0.2) is 0 Å². The average Bonchev–Trinajstić information content (AvgIpc) is 3.37. The zero-order valence-electron chi connectivity index (χ0n) is 20.2. The number of hydrogen-bond acceptors (Lipinski definition) is 4. The number of carbonyl (C=O) groups excluding carboxylic acids is 2. The summed E-state index contributed by atoms with van der Waals surface area (Å²) in [6.07, 6.45) is 1.75. The number of carbonyl (C=O) groups is 2. The van der Waals surface area contributed by atoms with E-state index in [1.54, 1.807) is 40.5 Å². The lowest BCUT2D eigenvalue weighted by molar-refractivity contribution is -0.135. The van der Waals surface area contributed by atoms with Gasteiger partial charge in [-0.2, -0.15) is 0 Å². The largest absolute Gasteiger partial charge is 0.491 e. The Labute approximate surface area is 216 Å². The first-order valence-electron chi connectivity index (χ1n) is 12.0. The first-order chi connectivity index (χ1) is 17.0. The number of fused-ring (bicyclic) bond motifs is 1. The Morgan fingerprint density at radius 3 is 2.60 bits per heavy atom. The van der Waals surface area contributed by atoms with Crippen LogP contribution in [0, 0.1) is 5.92 Å². The Hall–Kier alpha value is -2.83. The molecule has 4 rings (SSSR count). The van der Waals surface area contributed by atoms with Crippen LogP contribution in [-0.4, -0.2) is 47.9 Å². The van der Waals surface area contributed by atoms with E-state index in [2.05, 4.69) is 25.3 Å². The maximum Gasteiger partial charge on any atom is 0.254 e. The molecule has 3 aromatic rings. The second-order valence-corrected chi connectivity index (χ2v) is 10.4. The lowest BCUT2D eigenvalue weighted by atomic mass is 10.00. The molecule has 0 saturated heterocycles. The van der Waals surface area contributed by atoms with Crippen LogP contribution in [0.5, 0.6) is 5.75 Å². The van der Waals surface area contributed by atoms with E-state index in [1.165, 1.54) is 4.88 Å². The maximum absolute atomic E-state index is 13.7. The lowest BCUT2D eigenvalue weighted by Gasteiger charge is -2.37. The number of rotatable bonds is 9. The molecule has 0 bridgehead atoms. The third-order valence-corrected chi connectivity index (χ3v) is 7.75. The van der Waals surface area contributed by atoms with Crippen molar-refractivity contribution >= 4 is 34.8 Å². The molecule has 1 aliphatic rings. The molecule has 2 aromatic carbocycles. The van der Waals surface area contributed by atoms with Gasteiger partial charge in [0.2, 0.25) is 5.91 Å². The fourth-order valence-electron chi connectivity index (χ4n) is 4.32. The molecule has 35 heavy (non-hydrogen) atoms. The Balaban J connectivity index is 1.53. The summed E-state index contributed by atoms with van der Waals surface area (Å²) in [5, 5.41) is 2.72. The number of hydrogen-bond donors (Lipinski definition) is 0. The predicted octanol–water partition coefficient (Wildman–Crippen LogP) is 6.09. The molecule has 0 N–H and O–H groups in total. The molecule has 0 saturated carbocycles. The molecule has 0 aliphatic carbocycles. The molecule has 0 radical (unpaired) electrons. The lowest BCUT2D eigenvalue weighted by Crippen LogP contribution is -2.48. The van der Waals surface area contributed by atoms with Crippen molar-refractivity contribution in [3.63, 3.8) is 0 Å². The molecule has 1 aromatic heterocycles. The van der Waals surface area contributed by atoms with Gasteiger partial charge in [-0.15, -0.1) is 11.3 Å². The molecule has 7 heteroatoms. The van der Waals surface area contributed by atoms with Crippen LogP contribution in [0.4, 0.5) is 0 Å². The topological polar surface area (TPSA) is 49.9 Å². The van der Waals surface area contributed by atoms with Gasteiger partial charge in [0, 0.05) is 28.6 Å². The smallest absolute Gasteiger partial charge is 0.254 e. The van der Waals surface area contributed by atoms with Crippen molar-refractivity contribution in [1.82, 2.24) is 9.80 Å². The van der Waals surface area contributed by atoms with Crippen LogP contribution in [0.15, 0.2) is 66.0 Å². The Morgan fingerprint density at radius 2 is 1.89 bits per heavy atom. The highest BCUT2D eigenvalue weighted by molar-refractivity contribution is 7.10. The second kappa shape index (κ2) is 11.7. The van der Waals surface area contributed by atoms with Crippen molar-refractivity contribution in [2.75, 3.05) is 26.2 Å². The summed E-state index contributed by atoms with van der Waals surface area (Å²) in [6, 6.07) is 18.3. The summed E-state index contributed by atoms with van der Waals surface area (Å²) in [5.41, 5.74) is 1.73. The Kier molecular flexibility index (Phi) is 8.47. The Morgan fingerprint density at radius 1 is 1.14 bits per heavy atom. The van der Waals surface area contributed by atoms with E-state index >= 15 is 0 Å². The molecule has 2 amide bonds. The van der Waals surface area contributed by atoms with Crippen molar-refractivity contribution in [3.8, 4) is 5.75 Å². The van der Waals surface area contributed by atoms with E-state index in [4.69, 9.17) is 16.3 Å². The zero-order valence-corrected chi connectivity index (χ0v) is 21.7. The van der Waals surface area contributed by atoms with Crippen LogP contribution in [0.3, 0.4) is 0 Å². The molecular weight excluding hydrogens is 480 g/mol. The van der Waals surface area contributed by atoms with Gasteiger partial charge in [0.25, 0.3) is 5.91 Å². The number of benzene rings is 2. The van der Waals surface area contributed by atoms with Gasteiger partial charge >= 0.3 is 0 Å². The summed E-state index contributed by atoms with van der Waals surface area (Å²) in [5.74, 6) is 0.840. The molecule has 0 spiro atoms. The third kappa shape index (κ3) is 6.24. The van der Waals surface area contributed by atoms with Gasteiger partial charge < -0.3 is 14.5 Å².